The average Bonchev–Trinajstić information content (AvgIpc) is 3.12. The molecular formula is C18H22N4O2S. The van der Waals surface area contributed by atoms with Crippen LogP contribution in [-0.2, 0) is 11.2 Å². The third kappa shape index (κ3) is 3.76. The molecule has 2 fully saturated rings. The summed E-state index contributed by atoms with van der Waals surface area (Å²) >= 11 is 1.39. The largest absolute Gasteiger partial charge is 0.497 e. The van der Waals surface area contributed by atoms with Crippen molar-refractivity contribution in [3.05, 3.63) is 35.7 Å². The fraction of sp³-hybridized carbons (Fsp3) is 0.500. The van der Waals surface area contributed by atoms with E-state index in [1.165, 1.54) is 11.5 Å². The van der Waals surface area contributed by atoms with Gasteiger partial charge in [-0.1, -0.05) is 12.1 Å². The normalized spacial score (nSPS) is 19.9. The number of nitrogens with one attached hydrogen (secondary N) is 1. The van der Waals surface area contributed by atoms with Gasteiger partial charge < -0.3 is 15.0 Å². The first-order chi connectivity index (χ1) is 12.2. The van der Waals surface area contributed by atoms with E-state index in [-0.39, 0.29) is 11.9 Å². The minimum Gasteiger partial charge on any atom is -0.497 e. The van der Waals surface area contributed by atoms with E-state index >= 15 is 0 Å². The van der Waals surface area contributed by atoms with Gasteiger partial charge >= 0.3 is 0 Å². The predicted octanol–water partition coefficient (Wildman–Crippen LogP) is 2.38. The molecule has 2 aliphatic rings. The van der Waals surface area contributed by atoms with Crippen LogP contribution in [-0.4, -0.2) is 41.0 Å². The van der Waals surface area contributed by atoms with Gasteiger partial charge in [-0.2, -0.15) is 4.37 Å². The molecule has 1 aliphatic carbocycles. The summed E-state index contributed by atoms with van der Waals surface area (Å²) in [5, 5.41) is 3.97. The number of ether oxygens (including phenoxy) is 1. The van der Waals surface area contributed by atoms with Crippen LogP contribution in [0, 0.1) is 0 Å². The van der Waals surface area contributed by atoms with E-state index in [1.54, 1.807) is 7.11 Å². The highest BCUT2D eigenvalue weighted by Crippen LogP contribution is 2.29. The summed E-state index contributed by atoms with van der Waals surface area (Å²) in [7, 11) is 1.67. The third-order valence-electron chi connectivity index (χ3n) is 4.68. The van der Waals surface area contributed by atoms with Gasteiger partial charge in [0.25, 0.3) is 0 Å². The second-order valence-corrected chi connectivity index (χ2v) is 7.39. The van der Waals surface area contributed by atoms with E-state index in [0.717, 1.165) is 54.5 Å². The molecule has 1 amide bonds. The van der Waals surface area contributed by atoms with Crippen LogP contribution in [0.2, 0.25) is 0 Å². The van der Waals surface area contributed by atoms with Crippen LogP contribution in [0.5, 0.6) is 5.75 Å². The highest BCUT2D eigenvalue weighted by atomic mass is 32.1. The molecule has 1 aromatic carbocycles. The molecule has 0 spiro atoms. The highest BCUT2D eigenvalue weighted by molar-refractivity contribution is 7.09. The molecule has 1 aromatic heterocycles. The maximum absolute atomic E-state index is 12.4. The van der Waals surface area contributed by atoms with Gasteiger partial charge in [-0.15, -0.1) is 0 Å². The molecule has 1 N–H and O–H groups in total. The van der Waals surface area contributed by atoms with E-state index in [2.05, 4.69) is 19.6 Å². The average molecular weight is 358 g/mol. The Morgan fingerprint density at radius 1 is 1.40 bits per heavy atom. The topological polar surface area (TPSA) is 67.3 Å². The molecule has 1 saturated carbocycles. The van der Waals surface area contributed by atoms with Gasteiger partial charge in [0.05, 0.1) is 7.11 Å². The standard InChI is InChI=1S/C18H22N4O2S/c1-24-14-5-2-4-12(10-14)11-16-20-18(25-21-16)22-9-3-6-15(22)17(23)19-13-7-8-13/h2,4-5,10,13,15H,3,6-9,11H2,1H3,(H,19,23). The lowest BCUT2D eigenvalue weighted by Gasteiger charge is -2.22. The Morgan fingerprint density at radius 3 is 3.08 bits per heavy atom. The zero-order chi connectivity index (χ0) is 17.2. The molecule has 1 unspecified atom stereocenters. The SMILES string of the molecule is COc1cccc(Cc2nsc(N3CCCC3C(=O)NC3CC3)n2)c1. The number of methoxy groups -OCH3 is 1. The Balaban J connectivity index is 1.45. The van der Waals surface area contributed by atoms with Crippen LogP contribution in [0.1, 0.15) is 37.1 Å². The molecule has 1 atom stereocenters. The molecule has 0 bridgehead atoms. The Kier molecular flexibility index (Phi) is 4.57. The molecule has 132 valence electrons. The predicted molar refractivity (Wildman–Crippen MR) is 97.2 cm³/mol. The number of aromatic nitrogens is 2. The minimum absolute atomic E-state index is 0.0989. The van der Waals surface area contributed by atoms with Crippen LogP contribution in [0.15, 0.2) is 24.3 Å². The summed E-state index contributed by atoms with van der Waals surface area (Å²) in [6, 6.07) is 8.25. The van der Waals surface area contributed by atoms with E-state index < -0.39 is 0 Å². The molecule has 7 heteroatoms. The first-order valence-corrected chi connectivity index (χ1v) is 9.53. The van der Waals surface area contributed by atoms with Gasteiger partial charge in [-0.3, -0.25) is 4.79 Å². The Labute approximate surface area is 151 Å². The minimum atomic E-state index is -0.0989. The van der Waals surface area contributed by atoms with E-state index in [4.69, 9.17) is 4.74 Å². The van der Waals surface area contributed by atoms with Crippen LogP contribution in [0.3, 0.4) is 0 Å². The van der Waals surface area contributed by atoms with Crippen molar-refractivity contribution in [3.63, 3.8) is 0 Å². The summed E-state index contributed by atoms with van der Waals surface area (Å²) in [4.78, 5) is 19.2. The molecular weight excluding hydrogens is 336 g/mol. The second kappa shape index (κ2) is 7.00. The Bertz CT molecular complexity index is 759. The van der Waals surface area contributed by atoms with Gasteiger partial charge in [0.2, 0.25) is 11.0 Å². The maximum Gasteiger partial charge on any atom is 0.243 e. The van der Waals surface area contributed by atoms with Crippen LogP contribution >= 0.6 is 11.5 Å². The van der Waals surface area contributed by atoms with Crippen molar-refractivity contribution >= 4 is 22.6 Å². The zero-order valence-corrected chi connectivity index (χ0v) is 15.1. The molecule has 0 radical (unpaired) electrons. The Hall–Kier alpha value is -2.15. The van der Waals surface area contributed by atoms with Gasteiger partial charge in [0.1, 0.15) is 17.6 Å². The number of hydrogen-bond acceptors (Lipinski definition) is 6. The van der Waals surface area contributed by atoms with Crippen LogP contribution in [0.4, 0.5) is 5.13 Å². The van der Waals surface area contributed by atoms with Crippen LogP contribution < -0.4 is 15.0 Å². The molecule has 6 nitrogen and oxygen atoms in total. The van der Waals surface area contributed by atoms with Crippen molar-refractivity contribution in [3.8, 4) is 5.75 Å². The van der Waals surface area contributed by atoms with E-state index in [0.29, 0.717) is 12.5 Å². The van der Waals surface area contributed by atoms with E-state index in [1.807, 2.05) is 24.3 Å². The number of benzene rings is 1. The van der Waals surface area contributed by atoms with Crippen LogP contribution in [0.25, 0.3) is 0 Å². The molecule has 2 heterocycles. The lowest BCUT2D eigenvalue weighted by molar-refractivity contribution is -0.122. The fourth-order valence-electron chi connectivity index (χ4n) is 3.19. The first kappa shape index (κ1) is 16.3. The monoisotopic (exact) mass is 358 g/mol. The maximum atomic E-state index is 12.4. The van der Waals surface area contributed by atoms with Gasteiger partial charge in [-0.05, 0) is 43.4 Å². The summed E-state index contributed by atoms with van der Waals surface area (Å²) in [5.41, 5.74) is 1.12. The Morgan fingerprint density at radius 2 is 2.28 bits per heavy atom. The van der Waals surface area contributed by atoms with Crippen molar-refractivity contribution in [2.45, 2.75) is 44.2 Å². The van der Waals surface area contributed by atoms with Crippen molar-refractivity contribution in [1.82, 2.24) is 14.7 Å². The summed E-state index contributed by atoms with van der Waals surface area (Å²) in [6.07, 6.45) is 4.81. The summed E-state index contributed by atoms with van der Waals surface area (Å²) in [5.74, 6) is 1.77. The molecule has 25 heavy (non-hydrogen) atoms. The third-order valence-corrected chi connectivity index (χ3v) is 5.47. The lowest BCUT2D eigenvalue weighted by atomic mass is 10.1. The molecule has 2 aromatic rings. The van der Waals surface area contributed by atoms with Gasteiger partial charge in [-0.25, -0.2) is 4.98 Å². The van der Waals surface area contributed by atoms with Crippen molar-refractivity contribution in [1.29, 1.82) is 0 Å². The number of anilines is 1. The van der Waals surface area contributed by atoms with Crippen molar-refractivity contribution in [2.24, 2.45) is 0 Å². The number of hydrogen-bond donors (Lipinski definition) is 1. The van der Waals surface area contributed by atoms with Crippen molar-refractivity contribution in [2.75, 3.05) is 18.6 Å². The smallest absolute Gasteiger partial charge is 0.243 e. The van der Waals surface area contributed by atoms with Gasteiger partial charge in [0.15, 0.2) is 0 Å². The second-order valence-electron chi connectivity index (χ2n) is 6.66. The first-order valence-electron chi connectivity index (χ1n) is 8.75. The quantitative estimate of drug-likeness (QED) is 0.859. The fourth-order valence-corrected chi connectivity index (χ4v) is 3.95. The van der Waals surface area contributed by atoms with Gasteiger partial charge in [0, 0.05) is 30.5 Å². The zero-order valence-electron chi connectivity index (χ0n) is 14.3. The number of carbonyl (C=O) groups excluding carboxylic acids is 1. The number of nitrogens with zero attached hydrogens (tertiary/aromatic N) is 3. The lowest BCUT2D eigenvalue weighted by Crippen LogP contribution is -2.44. The van der Waals surface area contributed by atoms with E-state index in [9.17, 15) is 4.79 Å². The highest BCUT2D eigenvalue weighted by Gasteiger charge is 2.35. The number of carbonyl (C=O) groups is 1. The molecule has 4 rings (SSSR count). The summed E-state index contributed by atoms with van der Waals surface area (Å²) in [6.45, 7) is 0.872. The molecule has 1 saturated heterocycles. The molecule has 1 aliphatic heterocycles. The summed E-state index contributed by atoms with van der Waals surface area (Å²) < 4.78 is 9.76. The number of rotatable bonds is 6. The van der Waals surface area contributed by atoms with Crippen molar-refractivity contribution < 1.29 is 9.53 Å². The number of amides is 1.